The second-order valence-corrected chi connectivity index (χ2v) is 11.8. The van der Waals surface area contributed by atoms with E-state index in [1.807, 2.05) is 24.3 Å². The number of nitrogens with zero attached hydrogens (tertiary/aromatic N) is 2. The highest BCUT2D eigenvalue weighted by Gasteiger charge is 2.46. The van der Waals surface area contributed by atoms with Crippen LogP contribution >= 0.6 is 0 Å². The smallest absolute Gasteiger partial charge is 0.295 e. The van der Waals surface area contributed by atoms with E-state index in [4.69, 9.17) is 4.74 Å². The lowest BCUT2D eigenvalue weighted by molar-refractivity contribution is -0.140. The third kappa shape index (κ3) is 5.17. The van der Waals surface area contributed by atoms with E-state index in [0.717, 1.165) is 9.87 Å². The van der Waals surface area contributed by atoms with Crippen molar-refractivity contribution >= 4 is 27.5 Å². The van der Waals surface area contributed by atoms with Gasteiger partial charge in [0.2, 0.25) is 10.0 Å². The molecule has 1 heterocycles. The van der Waals surface area contributed by atoms with Gasteiger partial charge in [0.25, 0.3) is 11.7 Å². The van der Waals surface area contributed by atoms with Crippen LogP contribution < -0.4 is 0 Å². The summed E-state index contributed by atoms with van der Waals surface area (Å²) in [5.74, 6) is -1.88. The first kappa shape index (κ1) is 26.6. The van der Waals surface area contributed by atoms with Crippen LogP contribution in [0, 0.1) is 0 Å². The van der Waals surface area contributed by atoms with E-state index >= 15 is 0 Å². The van der Waals surface area contributed by atoms with Crippen molar-refractivity contribution < 1.29 is 27.9 Å². The van der Waals surface area contributed by atoms with Gasteiger partial charge < -0.3 is 14.7 Å². The van der Waals surface area contributed by atoms with Crippen molar-refractivity contribution in [3.63, 3.8) is 0 Å². The zero-order valence-corrected chi connectivity index (χ0v) is 21.7. The average molecular weight is 501 g/mol. The molecule has 2 aromatic rings. The summed E-state index contributed by atoms with van der Waals surface area (Å²) in [7, 11) is 0.705. The van der Waals surface area contributed by atoms with Crippen molar-refractivity contribution in [1.82, 2.24) is 9.21 Å². The fraction of sp³-hybridized carbons (Fsp3) is 0.385. The van der Waals surface area contributed by atoms with E-state index in [2.05, 4.69) is 20.8 Å². The molecule has 8 nitrogen and oxygen atoms in total. The lowest BCUT2D eigenvalue weighted by Crippen LogP contribution is -2.32. The molecule has 1 saturated heterocycles. The molecule has 0 aromatic heterocycles. The number of carbonyl (C=O) groups excluding carboxylic acids is 2. The van der Waals surface area contributed by atoms with Crippen molar-refractivity contribution in [3.8, 4) is 0 Å². The van der Waals surface area contributed by atoms with Crippen LogP contribution in [0.15, 0.2) is 59.0 Å². The molecule has 0 radical (unpaired) electrons. The number of ketones is 1. The number of sulfonamides is 1. The van der Waals surface area contributed by atoms with E-state index < -0.39 is 27.8 Å². The quantitative estimate of drug-likeness (QED) is 0.355. The van der Waals surface area contributed by atoms with E-state index in [-0.39, 0.29) is 40.4 Å². The van der Waals surface area contributed by atoms with Gasteiger partial charge in [-0.2, -0.15) is 0 Å². The minimum atomic E-state index is -3.65. The number of Topliss-reactive ketones (excluding diaryl/α,β-unsaturated/α-hetero) is 1. The maximum Gasteiger partial charge on any atom is 0.295 e. The summed E-state index contributed by atoms with van der Waals surface area (Å²) >= 11 is 0. The van der Waals surface area contributed by atoms with Crippen molar-refractivity contribution in [1.29, 1.82) is 0 Å². The van der Waals surface area contributed by atoms with Crippen molar-refractivity contribution in [2.24, 2.45) is 0 Å². The number of hydrogen-bond acceptors (Lipinski definition) is 6. The number of carbonyl (C=O) groups is 2. The molecule has 2 aromatic carbocycles. The van der Waals surface area contributed by atoms with E-state index in [1.54, 1.807) is 0 Å². The second kappa shape index (κ2) is 9.93. The Morgan fingerprint density at radius 3 is 2.09 bits per heavy atom. The highest BCUT2D eigenvalue weighted by molar-refractivity contribution is 7.89. The molecule has 3 rings (SSSR count). The molecule has 9 heteroatoms. The summed E-state index contributed by atoms with van der Waals surface area (Å²) in [4.78, 5) is 27.4. The van der Waals surface area contributed by atoms with Gasteiger partial charge in [-0.25, -0.2) is 12.7 Å². The van der Waals surface area contributed by atoms with Crippen LogP contribution in [0.3, 0.4) is 0 Å². The Morgan fingerprint density at radius 2 is 1.60 bits per heavy atom. The number of likely N-dealkylation sites (tertiary alicyclic amines) is 1. The number of ether oxygens (including phenoxy) is 1. The van der Waals surface area contributed by atoms with Gasteiger partial charge in [-0.05, 0) is 40.8 Å². The fourth-order valence-corrected chi connectivity index (χ4v) is 4.86. The second-order valence-electron chi connectivity index (χ2n) is 9.67. The summed E-state index contributed by atoms with van der Waals surface area (Å²) in [5, 5.41) is 11.2. The third-order valence-corrected chi connectivity index (χ3v) is 7.90. The number of rotatable bonds is 7. The monoisotopic (exact) mass is 500 g/mol. The van der Waals surface area contributed by atoms with Gasteiger partial charge in [0.15, 0.2) is 0 Å². The number of amides is 1. The van der Waals surface area contributed by atoms with Crippen molar-refractivity contribution in [3.05, 3.63) is 70.8 Å². The fourth-order valence-electron chi connectivity index (χ4n) is 3.96. The van der Waals surface area contributed by atoms with Gasteiger partial charge in [-0.3, -0.25) is 9.59 Å². The normalized spacial score (nSPS) is 18.5. The highest BCUT2D eigenvalue weighted by atomic mass is 32.2. The minimum absolute atomic E-state index is 0.0437. The Hall–Kier alpha value is -3.01. The molecule has 0 bridgehead atoms. The van der Waals surface area contributed by atoms with Crippen molar-refractivity contribution in [2.45, 2.75) is 37.1 Å². The first-order valence-corrected chi connectivity index (χ1v) is 12.7. The highest BCUT2D eigenvalue weighted by Crippen LogP contribution is 2.40. The van der Waals surface area contributed by atoms with Gasteiger partial charge in [-0.1, -0.05) is 45.0 Å². The predicted molar refractivity (Wildman–Crippen MR) is 133 cm³/mol. The summed E-state index contributed by atoms with van der Waals surface area (Å²) in [6, 6.07) is 12.4. The molecule has 1 fully saturated rings. The number of hydrogen-bond donors (Lipinski definition) is 1. The topological polar surface area (TPSA) is 104 Å². The van der Waals surface area contributed by atoms with Crippen LogP contribution in [-0.2, 0) is 29.8 Å². The first-order valence-electron chi connectivity index (χ1n) is 11.2. The van der Waals surface area contributed by atoms with Gasteiger partial charge in [-0.15, -0.1) is 0 Å². The number of methoxy groups -OCH3 is 1. The number of aliphatic hydroxyl groups is 1. The maximum atomic E-state index is 13.1. The first-order chi connectivity index (χ1) is 16.3. The zero-order valence-electron chi connectivity index (χ0n) is 20.9. The van der Waals surface area contributed by atoms with Crippen LogP contribution in [-0.4, -0.2) is 68.8 Å². The Morgan fingerprint density at radius 1 is 1.03 bits per heavy atom. The summed E-state index contributed by atoms with van der Waals surface area (Å²) < 4.78 is 31.0. The largest absolute Gasteiger partial charge is 0.507 e. The van der Waals surface area contributed by atoms with Crippen LogP contribution in [0.5, 0.6) is 0 Å². The Labute approximate surface area is 206 Å². The molecule has 1 aliphatic rings. The lowest BCUT2D eigenvalue weighted by atomic mass is 9.85. The molecule has 0 unspecified atom stereocenters. The van der Waals surface area contributed by atoms with Crippen LogP contribution in [0.1, 0.15) is 43.5 Å². The minimum Gasteiger partial charge on any atom is -0.507 e. The molecular formula is C26H32N2O6S. The average Bonchev–Trinajstić information content (AvgIpc) is 3.06. The molecule has 0 aliphatic carbocycles. The maximum absolute atomic E-state index is 13.1. The van der Waals surface area contributed by atoms with Gasteiger partial charge in [0.05, 0.1) is 23.1 Å². The van der Waals surface area contributed by atoms with Crippen LogP contribution in [0.2, 0.25) is 0 Å². The van der Waals surface area contributed by atoms with Gasteiger partial charge in [0.1, 0.15) is 5.76 Å². The zero-order chi connectivity index (χ0) is 26.1. The molecule has 188 valence electrons. The van der Waals surface area contributed by atoms with Gasteiger partial charge >= 0.3 is 0 Å². The summed E-state index contributed by atoms with van der Waals surface area (Å²) in [6.45, 7) is 6.66. The number of benzene rings is 2. The third-order valence-electron chi connectivity index (χ3n) is 6.08. The van der Waals surface area contributed by atoms with Crippen molar-refractivity contribution in [2.75, 3.05) is 34.4 Å². The van der Waals surface area contributed by atoms with E-state index in [9.17, 15) is 23.1 Å². The molecule has 1 atom stereocenters. The van der Waals surface area contributed by atoms with Crippen LogP contribution in [0.4, 0.5) is 0 Å². The lowest BCUT2D eigenvalue weighted by Gasteiger charge is -2.26. The van der Waals surface area contributed by atoms with Gasteiger partial charge in [0, 0.05) is 33.3 Å². The molecular weight excluding hydrogens is 468 g/mol. The molecule has 1 amide bonds. The Kier molecular flexibility index (Phi) is 7.54. The van der Waals surface area contributed by atoms with E-state index in [1.165, 1.54) is 50.4 Å². The summed E-state index contributed by atoms with van der Waals surface area (Å²) in [6.07, 6.45) is 0. The summed E-state index contributed by atoms with van der Waals surface area (Å²) in [5.41, 5.74) is 1.89. The predicted octanol–water partition coefficient (Wildman–Crippen LogP) is 3.30. The molecule has 1 aliphatic heterocycles. The Bertz CT molecular complexity index is 1240. The number of aliphatic hydroxyl groups excluding tert-OH is 1. The molecule has 0 saturated carbocycles. The molecule has 0 spiro atoms. The standard InChI is InChI=1S/C26H32N2O6S/c1-26(2,3)19-11-7-17(8-12-19)22-21(24(30)25(31)28(22)15-16-34-6)23(29)18-9-13-20(14-10-18)35(32,33)27(4)5/h7-14,22,29H,15-16H2,1-6H3/b23-21+/t22-/m0/s1. The molecule has 1 N–H and O–H groups in total. The Balaban J connectivity index is 2.12. The molecule has 35 heavy (non-hydrogen) atoms. The SMILES string of the molecule is COCCN1C(=O)C(=O)/C(=C(/O)c2ccc(S(=O)(=O)N(C)C)cc2)[C@@H]1c1ccc(C(C)(C)C)cc1. The van der Waals surface area contributed by atoms with Crippen LogP contribution in [0.25, 0.3) is 5.76 Å². The van der Waals surface area contributed by atoms with E-state index in [0.29, 0.717) is 5.56 Å².